The third-order valence-electron chi connectivity index (χ3n) is 7.97. The van der Waals surface area contributed by atoms with Crippen molar-refractivity contribution in [1.29, 1.82) is 0 Å². The van der Waals surface area contributed by atoms with E-state index >= 15 is 4.39 Å². The van der Waals surface area contributed by atoms with Crippen LogP contribution in [0.25, 0.3) is 32.8 Å². The molecule has 0 amide bonds. The van der Waals surface area contributed by atoms with Gasteiger partial charge in [0.05, 0.1) is 15.9 Å². The second-order valence-electron chi connectivity index (χ2n) is 10.4. The number of nitrogens with one attached hydrogen (secondary N) is 1. The summed E-state index contributed by atoms with van der Waals surface area (Å²) in [7, 11) is 0. The summed E-state index contributed by atoms with van der Waals surface area (Å²) in [6.07, 6.45) is 2.05. The first kappa shape index (κ1) is 24.3. The predicted molar refractivity (Wildman–Crippen MR) is 143 cm³/mol. The molecule has 1 aromatic heterocycles. The molecular weight excluding hydrogens is 496 g/mol. The Kier molecular flexibility index (Phi) is 5.96. The van der Waals surface area contributed by atoms with E-state index in [1.54, 1.807) is 0 Å². The lowest BCUT2D eigenvalue weighted by molar-refractivity contribution is 0.107. The number of benzene rings is 3. The monoisotopic (exact) mass is 523 g/mol. The Morgan fingerprint density at radius 2 is 2.14 bits per heavy atom. The van der Waals surface area contributed by atoms with E-state index in [2.05, 4.69) is 27.9 Å². The van der Waals surface area contributed by atoms with Crippen molar-refractivity contribution in [3.05, 3.63) is 68.7 Å². The topological polar surface area (TPSA) is 58.2 Å². The Morgan fingerprint density at radius 3 is 2.95 bits per heavy atom. The maximum absolute atomic E-state index is 16.3. The fourth-order valence-electron chi connectivity index (χ4n) is 6.30. The second-order valence-corrected chi connectivity index (χ2v) is 10.8. The number of hydrogen-bond acceptors (Lipinski definition) is 4. The van der Waals surface area contributed by atoms with Crippen LogP contribution < -0.4 is 10.3 Å². The molecule has 0 radical (unpaired) electrons. The molecule has 0 unspecified atom stereocenters. The Morgan fingerprint density at radius 1 is 1.30 bits per heavy atom. The zero-order valence-electron chi connectivity index (χ0n) is 20.8. The van der Waals surface area contributed by atoms with E-state index < -0.39 is 23.1 Å². The van der Waals surface area contributed by atoms with E-state index in [1.807, 2.05) is 31.2 Å². The van der Waals surface area contributed by atoms with Crippen molar-refractivity contribution < 1.29 is 13.5 Å². The number of rotatable bonds is 5. The summed E-state index contributed by atoms with van der Waals surface area (Å²) < 4.78 is 36.3. The molecule has 2 atom stereocenters. The van der Waals surface area contributed by atoms with Crippen molar-refractivity contribution in [2.75, 3.05) is 19.7 Å². The smallest absolute Gasteiger partial charge is 0.297 e. The lowest BCUT2D eigenvalue weighted by atomic mass is 9.91. The average molecular weight is 524 g/mol. The van der Waals surface area contributed by atoms with Crippen LogP contribution >= 0.6 is 11.6 Å². The molecule has 2 saturated heterocycles. The molecule has 0 saturated carbocycles. The largest absolute Gasteiger partial charge is 0.463 e. The highest BCUT2D eigenvalue weighted by atomic mass is 35.5. The van der Waals surface area contributed by atoms with Gasteiger partial charge in [-0.15, -0.1) is 0 Å². The van der Waals surface area contributed by atoms with Crippen LogP contribution in [0.5, 0.6) is 6.01 Å². The number of halogens is 3. The van der Waals surface area contributed by atoms with Crippen molar-refractivity contribution in [3.63, 3.8) is 0 Å². The van der Waals surface area contributed by atoms with Gasteiger partial charge < -0.3 is 4.74 Å². The summed E-state index contributed by atoms with van der Waals surface area (Å²) in [6, 6.07) is 11.4. The molecule has 3 heterocycles. The molecule has 0 aliphatic carbocycles. The lowest BCUT2D eigenvalue weighted by Crippen LogP contribution is -2.43. The molecule has 37 heavy (non-hydrogen) atoms. The molecule has 4 aromatic rings. The summed E-state index contributed by atoms with van der Waals surface area (Å²) in [6.45, 7) is 5.42. The molecule has 0 spiro atoms. The third-order valence-corrected chi connectivity index (χ3v) is 8.27. The maximum Gasteiger partial charge on any atom is 0.297 e. The van der Waals surface area contributed by atoms with Gasteiger partial charge in [-0.25, -0.2) is 8.78 Å². The first-order valence-electron chi connectivity index (χ1n) is 12.8. The van der Waals surface area contributed by atoms with Crippen molar-refractivity contribution >= 4 is 33.3 Å². The van der Waals surface area contributed by atoms with Gasteiger partial charge in [-0.1, -0.05) is 48.9 Å². The van der Waals surface area contributed by atoms with Gasteiger partial charge in [-0.3, -0.25) is 14.7 Å². The molecule has 3 aromatic carbocycles. The van der Waals surface area contributed by atoms with Gasteiger partial charge in [-0.2, -0.15) is 4.98 Å². The molecule has 5 nitrogen and oxygen atoms in total. The van der Waals surface area contributed by atoms with E-state index in [9.17, 15) is 9.18 Å². The molecule has 8 heteroatoms. The van der Waals surface area contributed by atoms with E-state index in [4.69, 9.17) is 16.3 Å². The van der Waals surface area contributed by atoms with Crippen LogP contribution in [0.3, 0.4) is 0 Å². The Hall–Kier alpha value is -3.03. The maximum atomic E-state index is 16.3. The number of H-pyrrole nitrogens is 1. The van der Waals surface area contributed by atoms with Crippen LogP contribution in [0.2, 0.25) is 5.02 Å². The lowest BCUT2D eigenvalue weighted by Gasteiger charge is -2.30. The highest BCUT2D eigenvalue weighted by Crippen LogP contribution is 2.42. The van der Waals surface area contributed by atoms with Crippen LogP contribution in [0.15, 0.2) is 41.2 Å². The van der Waals surface area contributed by atoms with Crippen LogP contribution in [-0.4, -0.2) is 46.3 Å². The highest BCUT2D eigenvalue weighted by molar-refractivity contribution is 6.34. The predicted octanol–water partition coefficient (Wildman–Crippen LogP) is 6.36. The zero-order valence-corrected chi connectivity index (χ0v) is 21.6. The van der Waals surface area contributed by atoms with E-state index in [-0.39, 0.29) is 34.1 Å². The number of nitrogens with zero attached hydrogens (tertiary/aromatic N) is 2. The van der Waals surface area contributed by atoms with Gasteiger partial charge in [0, 0.05) is 18.5 Å². The Bertz CT molecular complexity index is 1600. The number of fused-ring (bicyclic) bond motifs is 3. The minimum absolute atomic E-state index is 0.0524. The van der Waals surface area contributed by atoms with Crippen LogP contribution in [0.1, 0.15) is 37.3 Å². The number of aromatic amines is 1. The number of hydrogen-bond donors (Lipinski definition) is 1. The van der Waals surface area contributed by atoms with Gasteiger partial charge in [0.25, 0.3) is 11.6 Å². The van der Waals surface area contributed by atoms with Crippen LogP contribution in [-0.2, 0) is 6.42 Å². The van der Waals surface area contributed by atoms with Gasteiger partial charge in [0.2, 0.25) is 0 Å². The summed E-state index contributed by atoms with van der Waals surface area (Å²) >= 11 is 6.63. The molecule has 192 valence electrons. The Labute approximate surface area is 218 Å². The number of ether oxygens (including phenoxy) is 1. The van der Waals surface area contributed by atoms with E-state index in [1.165, 1.54) is 6.07 Å². The third kappa shape index (κ3) is 3.99. The first-order valence-corrected chi connectivity index (χ1v) is 13.1. The standard InChI is InChI=1S/C29H28ClF2N3O2/c1-3-17-6-4-7-18-10-16(2)11-20(23(17)18)24-22(30)12-21-26(25(24)32)33-28(34-27(21)36)37-15-29-8-5-9-35(29)14-19(31)13-29/h4,6-7,10-12,19H,3,5,8-9,13-15H2,1-2H3,(H,33,34,36)/t19-,29+/m1/s1. The second kappa shape index (κ2) is 9.07. The van der Waals surface area contributed by atoms with Crippen molar-refractivity contribution in [2.45, 2.75) is 51.2 Å². The normalized spacial score (nSPS) is 21.7. The van der Waals surface area contributed by atoms with Crippen molar-refractivity contribution in [3.8, 4) is 17.1 Å². The van der Waals surface area contributed by atoms with Gasteiger partial charge in [-0.05, 0) is 66.3 Å². The quantitative estimate of drug-likeness (QED) is 0.330. The fourth-order valence-corrected chi connectivity index (χ4v) is 6.59. The first-order chi connectivity index (χ1) is 17.8. The number of alkyl halides is 1. The van der Waals surface area contributed by atoms with Crippen molar-refractivity contribution in [2.24, 2.45) is 0 Å². The minimum atomic E-state index is -0.896. The molecule has 0 bridgehead atoms. The average Bonchev–Trinajstić information content (AvgIpc) is 3.38. The van der Waals surface area contributed by atoms with Gasteiger partial charge in [0.15, 0.2) is 5.82 Å². The summed E-state index contributed by atoms with van der Waals surface area (Å²) in [4.78, 5) is 22.0. The van der Waals surface area contributed by atoms with E-state index in [0.717, 1.165) is 47.7 Å². The molecule has 2 aliphatic rings. The Balaban J connectivity index is 1.47. The summed E-state index contributed by atoms with van der Waals surface area (Å²) in [5, 5.41) is 2.12. The number of aromatic nitrogens is 2. The van der Waals surface area contributed by atoms with Crippen LogP contribution in [0.4, 0.5) is 8.78 Å². The molecule has 6 rings (SSSR count). The van der Waals surface area contributed by atoms with Crippen molar-refractivity contribution in [1.82, 2.24) is 14.9 Å². The molecule has 2 aliphatic heterocycles. The summed E-state index contributed by atoms with van der Waals surface area (Å²) in [5.41, 5.74) is 1.88. The van der Waals surface area contributed by atoms with Gasteiger partial charge in [0.1, 0.15) is 18.3 Å². The molecule has 2 fully saturated rings. The summed E-state index contributed by atoms with van der Waals surface area (Å²) in [5.74, 6) is -0.665. The van der Waals surface area contributed by atoms with Crippen LogP contribution in [0, 0.1) is 12.7 Å². The van der Waals surface area contributed by atoms with Gasteiger partial charge >= 0.3 is 0 Å². The fraction of sp³-hybridized carbons (Fsp3) is 0.379. The number of aryl methyl sites for hydroxylation is 2. The zero-order chi connectivity index (χ0) is 25.9. The minimum Gasteiger partial charge on any atom is -0.463 e. The molecule has 1 N–H and O–H groups in total. The highest BCUT2D eigenvalue weighted by Gasteiger charge is 2.49. The van der Waals surface area contributed by atoms with E-state index in [0.29, 0.717) is 18.5 Å². The SMILES string of the molecule is CCc1cccc2cc(C)cc(-c3c(Cl)cc4c(=O)[nH]c(OC[C@@]56CCCN5C[C@H](F)C6)nc4c3F)c12. The molecular formula is C29H28ClF2N3O2.